The lowest BCUT2D eigenvalue weighted by atomic mass is 9.72. The van der Waals surface area contributed by atoms with Crippen LogP contribution in [0.25, 0.3) is 10.9 Å². The number of rotatable bonds is 5. The largest absolute Gasteiger partial charge is 0.381 e. The average Bonchev–Trinajstić information content (AvgIpc) is 3.42. The zero-order chi connectivity index (χ0) is 23.1. The molecule has 5 nitrogen and oxygen atoms in total. The van der Waals surface area contributed by atoms with Crippen LogP contribution in [0.2, 0.25) is 0 Å². The van der Waals surface area contributed by atoms with Crippen LogP contribution in [-0.4, -0.2) is 46.3 Å². The zero-order valence-electron chi connectivity index (χ0n) is 19.5. The van der Waals surface area contributed by atoms with Crippen molar-refractivity contribution in [2.24, 2.45) is 11.3 Å². The topological polar surface area (TPSA) is 58.2 Å². The molecule has 4 heterocycles. The number of piperidine rings is 1. The average molecular weight is 462 g/mol. The summed E-state index contributed by atoms with van der Waals surface area (Å²) in [6.07, 6.45) is 9.01. The summed E-state index contributed by atoms with van der Waals surface area (Å²) in [5.74, 6) is 0.616. The molecule has 2 aromatic carbocycles. The Balaban J connectivity index is 1.20. The molecule has 3 aromatic rings. The minimum atomic E-state index is -0.555. The van der Waals surface area contributed by atoms with E-state index in [1.807, 2.05) is 18.3 Å². The van der Waals surface area contributed by atoms with Crippen LogP contribution >= 0.6 is 0 Å². The highest BCUT2D eigenvalue weighted by Crippen LogP contribution is 2.45. The van der Waals surface area contributed by atoms with E-state index in [0.717, 1.165) is 43.0 Å². The van der Waals surface area contributed by atoms with Crippen molar-refractivity contribution < 1.29 is 13.9 Å². The SMILES string of the molecule is O=C(N1[C@H]2CC[C@H]1CC(Cc1ccc3[nH]ncc3c1)C2)C1(Cc2ccccc2F)CCOCC1. The molecule has 3 fully saturated rings. The monoisotopic (exact) mass is 461 g/mol. The summed E-state index contributed by atoms with van der Waals surface area (Å²) in [5, 5.41) is 8.31. The Morgan fingerprint density at radius 2 is 1.88 bits per heavy atom. The second-order valence-corrected chi connectivity index (χ2v) is 10.6. The van der Waals surface area contributed by atoms with Gasteiger partial charge in [0.25, 0.3) is 0 Å². The minimum absolute atomic E-state index is 0.211. The number of carbonyl (C=O) groups excluding carboxylic acids is 1. The van der Waals surface area contributed by atoms with E-state index in [0.29, 0.717) is 56.0 Å². The number of fused-ring (bicyclic) bond motifs is 3. The standard InChI is InChI=1S/C28H32FN3O2/c29-25-4-2-1-3-21(25)17-28(9-11-34-12-10-28)27(33)32-23-6-7-24(32)16-20(15-23)13-19-5-8-26-22(14-19)18-30-31-26/h1-5,8,14,18,20,23-24H,6-7,9-13,15-17H2,(H,30,31)/t23-,24-/m0/s1. The molecule has 1 aromatic heterocycles. The first-order chi connectivity index (χ1) is 16.6. The Bertz CT molecular complexity index is 1170. The Labute approximate surface area is 199 Å². The number of nitrogens with zero attached hydrogens (tertiary/aromatic N) is 2. The number of H-pyrrole nitrogens is 1. The van der Waals surface area contributed by atoms with Crippen molar-refractivity contribution in [3.05, 3.63) is 65.6 Å². The third-order valence-corrected chi connectivity index (χ3v) is 8.48. The fourth-order valence-electron chi connectivity index (χ4n) is 6.75. The molecule has 34 heavy (non-hydrogen) atoms. The molecule has 2 bridgehead atoms. The fraction of sp³-hybridized carbons (Fsp3) is 0.500. The number of amides is 1. The van der Waals surface area contributed by atoms with E-state index in [4.69, 9.17) is 4.74 Å². The lowest BCUT2D eigenvalue weighted by molar-refractivity contribution is -0.153. The van der Waals surface area contributed by atoms with Crippen molar-refractivity contribution in [1.82, 2.24) is 15.1 Å². The Hall–Kier alpha value is -2.73. The number of ether oxygens (including phenoxy) is 1. The number of nitrogens with one attached hydrogen (secondary N) is 1. The van der Waals surface area contributed by atoms with Crippen LogP contribution in [0.4, 0.5) is 4.39 Å². The fourth-order valence-corrected chi connectivity index (χ4v) is 6.75. The Kier molecular flexibility index (Phi) is 5.64. The van der Waals surface area contributed by atoms with Crippen molar-refractivity contribution in [2.45, 2.75) is 63.5 Å². The number of carbonyl (C=O) groups is 1. The van der Waals surface area contributed by atoms with E-state index >= 15 is 0 Å². The summed E-state index contributed by atoms with van der Waals surface area (Å²) < 4.78 is 20.2. The molecule has 178 valence electrons. The van der Waals surface area contributed by atoms with Gasteiger partial charge in [0.15, 0.2) is 0 Å². The van der Waals surface area contributed by atoms with Gasteiger partial charge in [-0.05, 0) is 86.6 Å². The first kappa shape index (κ1) is 21.8. The number of halogens is 1. The molecule has 6 heteroatoms. The number of hydrogen-bond donors (Lipinski definition) is 1. The molecule has 3 aliphatic heterocycles. The van der Waals surface area contributed by atoms with Crippen LogP contribution in [0.5, 0.6) is 0 Å². The van der Waals surface area contributed by atoms with Crippen LogP contribution in [0.3, 0.4) is 0 Å². The third-order valence-electron chi connectivity index (χ3n) is 8.48. The molecule has 6 rings (SSSR count). The van der Waals surface area contributed by atoms with Crippen molar-refractivity contribution in [1.29, 1.82) is 0 Å². The van der Waals surface area contributed by atoms with Gasteiger partial charge < -0.3 is 9.64 Å². The quantitative estimate of drug-likeness (QED) is 0.578. The normalized spacial score (nSPS) is 26.1. The molecule has 0 spiro atoms. The van der Waals surface area contributed by atoms with Crippen LogP contribution in [0.15, 0.2) is 48.7 Å². The summed E-state index contributed by atoms with van der Waals surface area (Å²) in [6, 6.07) is 14.1. The molecule has 1 N–H and O–H groups in total. The van der Waals surface area contributed by atoms with Gasteiger partial charge >= 0.3 is 0 Å². The molecule has 3 aliphatic rings. The molecule has 0 saturated carbocycles. The number of aromatic nitrogens is 2. The van der Waals surface area contributed by atoms with E-state index in [1.54, 1.807) is 6.07 Å². The van der Waals surface area contributed by atoms with Gasteiger partial charge in [0, 0.05) is 30.7 Å². The highest BCUT2D eigenvalue weighted by molar-refractivity contribution is 5.84. The number of aromatic amines is 1. The molecular weight excluding hydrogens is 429 g/mol. The molecule has 0 aliphatic carbocycles. The van der Waals surface area contributed by atoms with Gasteiger partial charge in [0.1, 0.15) is 5.82 Å². The summed E-state index contributed by atoms with van der Waals surface area (Å²) in [7, 11) is 0. The highest BCUT2D eigenvalue weighted by atomic mass is 19.1. The maximum absolute atomic E-state index is 14.6. The van der Waals surface area contributed by atoms with Gasteiger partial charge in [-0.25, -0.2) is 4.39 Å². The van der Waals surface area contributed by atoms with Crippen molar-refractivity contribution in [3.63, 3.8) is 0 Å². The first-order valence-electron chi connectivity index (χ1n) is 12.7. The lowest BCUT2D eigenvalue weighted by Crippen LogP contribution is -2.55. The summed E-state index contributed by atoms with van der Waals surface area (Å²) in [6.45, 7) is 1.14. The lowest BCUT2D eigenvalue weighted by Gasteiger charge is -2.46. The third kappa shape index (κ3) is 3.92. The molecule has 1 amide bonds. The second kappa shape index (κ2) is 8.81. The predicted molar refractivity (Wildman–Crippen MR) is 129 cm³/mol. The maximum Gasteiger partial charge on any atom is 0.229 e. The molecule has 0 unspecified atom stereocenters. The molecule has 3 saturated heterocycles. The summed E-state index contributed by atoms with van der Waals surface area (Å²) >= 11 is 0. The van der Waals surface area contributed by atoms with Crippen LogP contribution in [0.1, 0.15) is 49.7 Å². The van der Waals surface area contributed by atoms with Gasteiger partial charge in [-0.1, -0.05) is 24.3 Å². The molecular formula is C28H32FN3O2. The molecule has 0 radical (unpaired) electrons. The van der Waals surface area contributed by atoms with Gasteiger partial charge in [-0.2, -0.15) is 5.10 Å². The maximum atomic E-state index is 14.6. The van der Waals surface area contributed by atoms with E-state index in [1.165, 1.54) is 11.6 Å². The van der Waals surface area contributed by atoms with Crippen molar-refractivity contribution in [2.75, 3.05) is 13.2 Å². The highest BCUT2D eigenvalue weighted by Gasteiger charge is 2.50. The van der Waals surface area contributed by atoms with E-state index in [9.17, 15) is 9.18 Å². The Morgan fingerprint density at radius 1 is 1.12 bits per heavy atom. The van der Waals surface area contributed by atoms with Crippen LogP contribution < -0.4 is 0 Å². The van der Waals surface area contributed by atoms with Crippen molar-refractivity contribution in [3.8, 4) is 0 Å². The van der Waals surface area contributed by atoms with Gasteiger partial charge in [0.2, 0.25) is 5.91 Å². The second-order valence-electron chi connectivity index (χ2n) is 10.6. The first-order valence-corrected chi connectivity index (χ1v) is 12.7. The number of hydrogen-bond acceptors (Lipinski definition) is 3. The van der Waals surface area contributed by atoms with Gasteiger partial charge in [-0.3, -0.25) is 9.89 Å². The minimum Gasteiger partial charge on any atom is -0.381 e. The van der Waals surface area contributed by atoms with Gasteiger partial charge in [-0.15, -0.1) is 0 Å². The zero-order valence-corrected chi connectivity index (χ0v) is 19.5. The van der Waals surface area contributed by atoms with Gasteiger partial charge in [0.05, 0.1) is 17.1 Å². The Morgan fingerprint density at radius 3 is 2.65 bits per heavy atom. The smallest absolute Gasteiger partial charge is 0.229 e. The number of benzene rings is 2. The van der Waals surface area contributed by atoms with Crippen molar-refractivity contribution >= 4 is 16.8 Å². The van der Waals surface area contributed by atoms with E-state index in [2.05, 4.69) is 33.3 Å². The predicted octanol–water partition coefficient (Wildman–Crippen LogP) is 5.05. The van der Waals surface area contributed by atoms with Crippen LogP contribution in [-0.2, 0) is 22.4 Å². The van der Waals surface area contributed by atoms with E-state index < -0.39 is 5.41 Å². The van der Waals surface area contributed by atoms with E-state index in [-0.39, 0.29) is 11.7 Å². The van der Waals surface area contributed by atoms with Crippen LogP contribution in [0, 0.1) is 17.2 Å². The molecule has 2 atom stereocenters. The summed E-state index contributed by atoms with van der Waals surface area (Å²) in [5.41, 5.74) is 2.51. The summed E-state index contributed by atoms with van der Waals surface area (Å²) in [4.78, 5) is 16.4.